The average Bonchev–Trinajstić information content (AvgIpc) is 3.27. The Bertz CT molecular complexity index is 305. The number of carbonyl (C=O) groups excluding carboxylic acids is 1. The standard InChI is InChI=1S/C16H28O3/c1-3-16(11-17,9-13-4-5-13)10-15-8-14(15)6-7-19-12(2)18/h13-15,17H,3-11H2,1-2H3/t14?,15-,16?/m1/s1. The van der Waals surface area contributed by atoms with Gasteiger partial charge in [0.05, 0.1) is 6.61 Å². The molecule has 0 amide bonds. The van der Waals surface area contributed by atoms with Gasteiger partial charge in [0.2, 0.25) is 0 Å². The van der Waals surface area contributed by atoms with Gasteiger partial charge in [0.15, 0.2) is 0 Å². The van der Waals surface area contributed by atoms with E-state index in [0.717, 1.165) is 30.6 Å². The molecule has 2 unspecified atom stereocenters. The average molecular weight is 268 g/mol. The lowest BCUT2D eigenvalue weighted by Gasteiger charge is -2.31. The number of hydrogen-bond donors (Lipinski definition) is 1. The van der Waals surface area contributed by atoms with E-state index in [1.165, 1.54) is 39.0 Å². The Labute approximate surface area is 116 Å². The predicted molar refractivity (Wildman–Crippen MR) is 74.6 cm³/mol. The summed E-state index contributed by atoms with van der Waals surface area (Å²) in [4.78, 5) is 10.7. The second kappa shape index (κ2) is 6.25. The second-order valence-corrected chi connectivity index (χ2v) is 6.75. The lowest BCUT2D eigenvalue weighted by atomic mass is 9.76. The highest BCUT2D eigenvalue weighted by Gasteiger charge is 2.44. The molecular weight excluding hydrogens is 240 g/mol. The van der Waals surface area contributed by atoms with E-state index in [-0.39, 0.29) is 11.4 Å². The van der Waals surface area contributed by atoms with Crippen LogP contribution in [0.5, 0.6) is 0 Å². The first-order valence-corrected chi connectivity index (χ1v) is 7.83. The van der Waals surface area contributed by atoms with Gasteiger partial charge in [-0.05, 0) is 55.3 Å². The molecule has 0 aromatic heterocycles. The zero-order chi connectivity index (χ0) is 13.9. The number of aliphatic hydroxyl groups is 1. The highest BCUT2D eigenvalue weighted by Crippen LogP contribution is 2.53. The smallest absolute Gasteiger partial charge is 0.302 e. The maximum Gasteiger partial charge on any atom is 0.302 e. The summed E-state index contributed by atoms with van der Waals surface area (Å²) in [6, 6.07) is 0. The van der Waals surface area contributed by atoms with Crippen LogP contribution >= 0.6 is 0 Å². The van der Waals surface area contributed by atoms with E-state index < -0.39 is 0 Å². The van der Waals surface area contributed by atoms with Gasteiger partial charge in [0.25, 0.3) is 0 Å². The van der Waals surface area contributed by atoms with E-state index >= 15 is 0 Å². The second-order valence-electron chi connectivity index (χ2n) is 6.75. The molecule has 19 heavy (non-hydrogen) atoms. The van der Waals surface area contributed by atoms with E-state index in [9.17, 15) is 9.90 Å². The number of aliphatic hydroxyl groups excluding tert-OH is 1. The van der Waals surface area contributed by atoms with Crippen molar-refractivity contribution in [2.75, 3.05) is 13.2 Å². The maximum atomic E-state index is 10.7. The van der Waals surface area contributed by atoms with Crippen molar-refractivity contribution in [3.8, 4) is 0 Å². The van der Waals surface area contributed by atoms with Crippen molar-refractivity contribution in [3.63, 3.8) is 0 Å². The van der Waals surface area contributed by atoms with Crippen LogP contribution in [0.15, 0.2) is 0 Å². The molecule has 0 aromatic carbocycles. The van der Waals surface area contributed by atoms with Crippen molar-refractivity contribution in [1.29, 1.82) is 0 Å². The van der Waals surface area contributed by atoms with Crippen LogP contribution in [0, 0.1) is 23.2 Å². The first-order chi connectivity index (χ1) is 9.08. The number of rotatable bonds is 9. The third-order valence-electron chi connectivity index (χ3n) is 5.06. The summed E-state index contributed by atoms with van der Waals surface area (Å²) < 4.78 is 5.01. The summed E-state index contributed by atoms with van der Waals surface area (Å²) >= 11 is 0. The number of ether oxygens (including phenoxy) is 1. The van der Waals surface area contributed by atoms with E-state index in [0.29, 0.717) is 13.2 Å². The number of carbonyl (C=O) groups is 1. The molecule has 1 N–H and O–H groups in total. The summed E-state index contributed by atoms with van der Waals surface area (Å²) in [5.41, 5.74) is 0.169. The Morgan fingerprint density at radius 3 is 2.58 bits per heavy atom. The SMILES string of the molecule is CCC(CO)(CC1CC1)C[C@H]1CC1CCOC(C)=O. The van der Waals surface area contributed by atoms with Crippen LogP contribution in [0.3, 0.4) is 0 Å². The lowest BCUT2D eigenvalue weighted by Crippen LogP contribution is -2.26. The molecular formula is C16H28O3. The van der Waals surface area contributed by atoms with Crippen LogP contribution in [0.2, 0.25) is 0 Å². The molecule has 0 bridgehead atoms. The fourth-order valence-corrected chi connectivity index (χ4v) is 3.37. The molecule has 2 aliphatic rings. The molecule has 0 aromatic rings. The molecule has 110 valence electrons. The molecule has 2 rings (SSSR count). The first-order valence-electron chi connectivity index (χ1n) is 7.83. The molecule has 0 radical (unpaired) electrons. The number of hydrogen-bond acceptors (Lipinski definition) is 3. The van der Waals surface area contributed by atoms with Gasteiger partial charge in [0.1, 0.15) is 0 Å². The van der Waals surface area contributed by atoms with Crippen LogP contribution < -0.4 is 0 Å². The van der Waals surface area contributed by atoms with Crippen molar-refractivity contribution < 1.29 is 14.6 Å². The fraction of sp³-hybridized carbons (Fsp3) is 0.938. The summed E-state index contributed by atoms with van der Waals surface area (Å²) in [5.74, 6) is 2.17. The molecule has 3 heteroatoms. The van der Waals surface area contributed by atoms with Crippen molar-refractivity contribution in [2.45, 2.75) is 58.8 Å². The summed E-state index contributed by atoms with van der Waals surface area (Å²) in [6.07, 6.45) is 8.46. The summed E-state index contributed by atoms with van der Waals surface area (Å²) in [6.45, 7) is 4.59. The van der Waals surface area contributed by atoms with Gasteiger partial charge in [-0.15, -0.1) is 0 Å². The minimum atomic E-state index is -0.177. The maximum absolute atomic E-state index is 10.7. The number of esters is 1. The zero-order valence-electron chi connectivity index (χ0n) is 12.4. The van der Waals surface area contributed by atoms with Crippen molar-refractivity contribution >= 4 is 5.97 Å². The van der Waals surface area contributed by atoms with Crippen molar-refractivity contribution in [2.24, 2.45) is 23.2 Å². The molecule has 0 aliphatic heterocycles. The molecule has 2 aliphatic carbocycles. The monoisotopic (exact) mass is 268 g/mol. The van der Waals surface area contributed by atoms with Gasteiger partial charge in [-0.1, -0.05) is 19.8 Å². The van der Waals surface area contributed by atoms with Gasteiger partial charge in [0, 0.05) is 13.5 Å². The van der Waals surface area contributed by atoms with Crippen molar-refractivity contribution in [3.05, 3.63) is 0 Å². The molecule has 3 nitrogen and oxygen atoms in total. The van der Waals surface area contributed by atoms with Gasteiger partial charge in [-0.2, -0.15) is 0 Å². The van der Waals surface area contributed by atoms with Crippen LogP contribution in [-0.4, -0.2) is 24.3 Å². The zero-order valence-corrected chi connectivity index (χ0v) is 12.4. The topological polar surface area (TPSA) is 46.5 Å². The van der Waals surface area contributed by atoms with Gasteiger partial charge in [-0.3, -0.25) is 4.79 Å². The summed E-state index contributed by atoms with van der Waals surface area (Å²) in [7, 11) is 0. The quantitative estimate of drug-likeness (QED) is 0.653. The van der Waals surface area contributed by atoms with Gasteiger partial charge in [-0.25, -0.2) is 0 Å². The molecule has 0 heterocycles. The van der Waals surface area contributed by atoms with Crippen LogP contribution in [0.1, 0.15) is 58.8 Å². The van der Waals surface area contributed by atoms with Crippen LogP contribution in [0.25, 0.3) is 0 Å². The Hall–Kier alpha value is -0.570. The Kier molecular flexibility index (Phi) is 4.88. The molecule has 0 spiro atoms. The Balaban J connectivity index is 1.71. The van der Waals surface area contributed by atoms with E-state index in [1.54, 1.807) is 0 Å². The Morgan fingerprint density at radius 2 is 2.05 bits per heavy atom. The third-order valence-corrected chi connectivity index (χ3v) is 5.06. The van der Waals surface area contributed by atoms with Crippen molar-refractivity contribution in [1.82, 2.24) is 0 Å². The van der Waals surface area contributed by atoms with E-state index in [2.05, 4.69) is 6.92 Å². The largest absolute Gasteiger partial charge is 0.466 e. The summed E-state index contributed by atoms with van der Waals surface area (Å²) in [5, 5.41) is 9.80. The fourth-order valence-electron chi connectivity index (χ4n) is 3.37. The predicted octanol–water partition coefficient (Wildman–Crippen LogP) is 3.15. The minimum Gasteiger partial charge on any atom is -0.466 e. The van der Waals surface area contributed by atoms with E-state index in [4.69, 9.17) is 4.74 Å². The highest BCUT2D eigenvalue weighted by atomic mass is 16.5. The normalized spacial score (nSPS) is 28.8. The van der Waals surface area contributed by atoms with E-state index in [1.807, 2.05) is 0 Å². The van der Waals surface area contributed by atoms with Gasteiger partial charge >= 0.3 is 5.97 Å². The van der Waals surface area contributed by atoms with Crippen LogP contribution in [-0.2, 0) is 9.53 Å². The Morgan fingerprint density at radius 1 is 1.32 bits per heavy atom. The highest BCUT2D eigenvalue weighted by molar-refractivity contribution is 5.65. The van der Waals surface area contributed by atoms with Gasteiger partial charge < -0.3 is 9.84 Å². The molecule has 0 saturated heterocycles. The molecule has 2 saturated carbocycles. The molecule has 2 fully saturated rings. The van der Waals surface area contributed by atoms with Crippen LogP contribution in [0.4, 0.5) is 0 Å². The first kappa shape index (κ1) is 14.8. The lowest BCUT2D eigenvalue weighted by molar-refractivity contribution is -0.141. The third kappa shape index (κ3) is 4.48. The minimum absolute atomic E-state index is 0.169. The molecule has 3 atom stereocenters.